The summed E-state index contributed by atoms with van der Waals surface area (Å²) >= 11 is 0. The molecule has 0 atom stereocenters. The number of carbonyl (C=O) groups is 1. The van der Waals surface area contributed by atoms with E-state index >= 15 is 0 Å². The Balaban J connectivity index is 0.000000178. The Morgan fingerprint density at radius 2 is 1.38 bits per heavy atom. The molecule has 0 amide bonds. The fraction of sp³-hybridized carbons (Fsp3) is 0.125. The number of ketones is 1. The third-order valence-electron chi connectivity index (χ3n) is 5.08. The van der Waals surface area contributed by atoms with Crippen molar-refractivity contribution in [1.82, 2.24) is 9.97 Å². The number of fused-ring (bicyclic) bond motifs is 4. The van der Waals surface area contributed by atoms with Crippen LogP contribution in [0, 0.1) is 49.4 Å². The van der Waals surface area contributed by atoms with E-state index in [4.69, 9.17) is 0 Å². The Morgan fingerprint density at radius 1 is 0.812 bits per heavy atom. The molecule has 32 heavy (non-hydrogen) atoms. The van der Waals surface area contributed by atoms with E-state index in [1.807, 2.05) is 12.1 Å². The van der Waals surface area contributed by atoms with Crippen LogP contribution in [0.2, 0.25) is 0 Å². The number of aliphatic hydroxyl groups excluding tert-OH is 1. The zero-order chi connectivity index (χ0) is 22.0. The van der Waals surface area contributed by atoms with Crippen molar-refractivity contribution in [3.05, 3.63) is 89.8 Å². The van der Waals surface area contributed by atoms with Crippen molar-refractivity contribution in [2.24, 2.45) is 0 Å². The second-order valence-corrected chi connectivity index (χ2v) is 7.03. The molecule has 2 heterocycles. The third-order valence-corrected chi connectivity index (χ3v) is 5.08. The molecule has 5 rings (SSSR count). The monoisotopic (exact) mass is 575 g/mol. The summed E-state index contributed by atoms with van der Waals surface area (Å²) < 4.78 is 36.9. The number of alkyl halides is 3. The number of allylic oxidation sites excluding steroid dienone is 1. The molecular weight excluding hydrogens is 557 g/mol. The number of aromatic nitrogens is 2. The van der Waals surface area contributed by atoms with Crippen molar-refractivity contribution < 1.29 is 72.4 Å². The normalized spacial score (nSPS) is 13.1. The van der Waals surface area contributed by atoms with Crippen molar-refractivity contribution in [1.29, 1.82) is 0 Å². The predicted molar refractivity (Wildman–Crippen MR) is 112 cm³/mol. The molecule has 4 aromatic rings. The van der Waals surface area contributed by atoms with Gasteiger partial charge >= 0.3 is 6.18 Å². The Morgan fingerprint density at radius 3 is 1.94 bits per heavy atom. The molecule has 0 unspecified atom stereocenters. The van der Waals surface area contributed by atoms with Crippen molar-refractivity contribution >= 4 is 33.3 Å². The maximum atomic E-state index is 12.3. The molecular formula is C24H17EuF3N2O2. The summed E-state index contributed by atoms with van der Waals surface area (Å²) in [6.07, 6.45) is -1.08. The van der Waals surface area contributed by atoms with Gasteiger partial charge in [0.15, 0.2) is 0 Å². The van der Waals surface area contributed by atoms with Gasteiger partial charge in [-0.15, -0.1) is 0 Å². The Labute approximate surface area is 222 Å². The van der Waals surface area contributed by atoms with E-state index in [1.165, 1.54) is 6.07 Å². The van der Waals surface area contributed by atoms with E-state index in [1.54, 1.807) is 30.6 Å². The maximum absolute atomic E-state index is 12.3. The molecule has 4 nitrogen and oxygen atoms in total. The van der Waals surface area contributed by atoms with Crippen LogP contribution in [0.3, 0.4) is 0 Å². The number of carbonyl (C=O) groups excluding carboxylic acids is 1. The molecule has 1 radical (unpaired) electrons. The summed E-state index contributed by atoms with van der Waals surface area (Å²) in [5, 5.41) is 12.0. The summed E-state index contributed by atoms with van der Waals surface area (Å²) in [7, 11) is 0. The molecule has 1 aliphatic carbocycles. The number of pyridine rings is 2. The topological polar surface area (TPSA) is 63.1 Å². The fourth-order valence-corrected chi connectivity index (χ4v) is 3.58. The molecule has 0 aliphatic heterocycles. The number of hydrogen-bond donors (Lipinski definition) is 1. The van der Waals surface area contributed by atoms with E-state index in [-0.39, 0.29) is 55.8 Å². The number of aliphatic hydroxyl groups is 1. The van der Waals surface area contributed by atoms with Gasteiger partial charge in [0.2, 0.25) is 0 Å². The van der Waals surface area contributed by atoms with Gasteiger partial charge in [0.25, 0.3) is 5.78 Å². The quantitative estimate of drug-likeness (QED) is 0.292. The Hall–Kier alpha value is -2.16. The predicted octanol–water partition coefficient (Wildman–Crippen LogP) is 5.82. The zero-order valence-corrected chi connectivity index (χ0v) is 19.0. The molecule has 1 aliphatic rings. The van der Waals surface area contributed by atoms with Gasteiger partial charge in [0, 0.05) is 83.7 Å². The minimum atomic E-state index is -4.93. The van der Waals surface area contributed by atoms with Crippen LogP contribution in [-0.2, 0) is 11.2 Å². The van der Waals surface area contributed by atoms with Crippen molar-refractivity contribution in [3.8, 4) is 0 Å². The largest absolute Gasteiger partial charge is 0.507 e. The van der Waals surface area contributed by atoms with Crippen molar-refractivity contribution in [2.45, 2.75) is 19.0 Å². The summed E-state index contributed by atoms with van der Waals surface area (Å²) in [6, 6.07) is 18.7. The summed E-state index contributed by atoms with van der Waals surface area (Å²) in [4.78, 5) is 19.8. The number of rotatable bonds is 1. The number of hydrogen-bond acceptors (Lipinski definition) is 4. The minimum Gasteiger partial charge on any atom is -0.507 e. The summed E-state index contributed by atoms with van der Waals surface area (Å²) in [6.45, 7) is 0. The van der Waals surface area contributed by atoms with Gasteiger partial charge in [-0.1, -0.05) is 48.5 Å². The number of Topliss-reactive ketones (excluding diaryl/α,β-unsaturated/α-hetero) is 1. The van der Waals surface area contributed by atoms with E-state index < -0.39 is 23.3 Å². The van der Waals surface area contributed by atoms with Crippen LogP contribution < -0.4 is 0 Å². The van der Waals surface area contributed by atoms with Gasteiger partial charge in [-0.05, 0) is 30.5 Å². The third kappa shape index (κ3) is 5.08. The molecule has 163 valence electrons. The summed E-state index contributed by atoms with van der Waals surface area (Å²) in [5.74, 6) is -2.50. The van der Waals surface area contributed by atoms with Gasteiger partial charge in [-0.2, -0.15) is 13.2 Å². The van der Waals surface area contributed by atoms with Gasteiger partial charge in [-0.25, -0.2) is 0 Å². The number of benzene rings is 2. The van der Waals surface area contributed by atoms with Crippen LogP contribution in [0.4, 0.5) is 13.2 Å². The average molecular weight is 574 g/mol. The zero-order valence-electron chi connectivity index (χ0n) is 16.6. The second-order valence-electron chi connectivity index (χ2n) is 7.03. The first-order chi connectivity index (χ1) is 14.9. The van der Waals surface area contributed by atoms with E-state index in [0.717, 1.165) is 27.4 Å². The number of nitrogens with zero attached hydrogens (tertiary/aromatic N) is 2. The van der Waals surface area contributed by atoms with E-state index in [0.29, 0.717) is 12.0 Å². The summed E-state index contributed by atoms with van der Waals surface area (Å²) in [5.41, 5.74) is 2.47. The van der Waals surface area contributed by atoms with Gasteiger partial charge in [0.05, 0.1) is 11.0 Å². The minimum absolute atomic E-state index is 0. The molecule has 0 bridgehead atoms. The second kappa shape index (κ2) is 10.2. The average Bonchev–Trinajstić information content (AvgIpc) is 2.79. The van der Waals surface area contributed by atoms with Crippen LogP contribution in [-0.4, -0.2) is 27.0 Å². The SMILES string of the molecule is O=C(C1=C(O)c2ccccc2CC1)C(F)(F)F.[Eu].c1cnc2c(c1)ccc1cccnc12. The number of aryl methyl sites for hydroxylation is 1. The molecule has 0 fully saturated rings. The maximum Gasteiger partial charge on any atom is 0.454 e. The van der Waals surface area contributed by atoms with Crippen molar-refractivity contribution in [2.75, 3.05) is 0 Å². The van der Waals surface area contributed by atoms with Crippen LogP contribution in [0.25, 0.3) is 27.6 Å². The molecule has 2 aromatic heterocycles. The van der Waals surface area contributed by atoms with Crippen LogP contribution in [0.1, 0.15) is 17.5 Å². The molecule has 0 spiro atoms. The van der Waals surface area contributed by atoms with Gasteiger partial charge in [0.1, 0.15) is 5.76 Å². The van der Waals surface area contributed by atoms with Gasteiger partial charge < -0.3 is 5.11 Å². The van der Waals surface area contributed by atoms with E-state index in [9.17, 15) is 23.1 Å². The first-order valence-corrected chi connectivity index (χ1v) is 9.56. The van der Waals surface area contributed by atoms with E-state index in [2.05, 4.69) is 34.2 Å². The molecule has 0 saturated heterocycles. The van der Waals surface area contributed by atoms with Crippen molar-refractivity contribution in [3.63, 3.8) is 0 Å². The molecule has 0 saturated carbocycles. The molecule has 2 aromatic carbocycles. The van der Waals surface area contributed by atoms with Crippen LogP contribution in [0.5, 0.6) is 0 Å². The first kappa shape index (κ1) is 24.5. The standard InChI is InChI=1S/C12H9F3O2.C12H8N2.Eu/c13-12(14,15)11(17)9-6-5-7-3-1-2-4-8(7)10(9)16;1-3-9-5-6-10-4-2-8-14-12(10)11(9)13-7-1;/h1-4,16H,5-6H2;1-8H;. The first-order valence-electron chi connectivity index (χ1n) is 9.56. The smallest absolute Gasteiger partial charge is 0.454 e. The Kier molecular flexibility index (Phi) is 7.80. The van der Waals surface area contributed by atoms with Gasteiger partial charge in [-0.3, -0.25) is 14.8 Å². The van der Waals surface area contributed by atoms with Crippen LogP contribution >= 0.6 is 0 Å². The Bertz CT molecular complexity index is 1260. The number of halogens is 3. The molecule has 1 N–H and O–H groups in total. The molecule has 8 heteroatoms. The fourth-order valence-electron chi connectivity index (χ4n) is 3.58. The van der Waals surface area contributed by atoms with Crippen LogP contribution in [0.15, 0.2) is 78.6 Å².